The van der Waals surface area contributed by atoms with E-state index >= 15 is 0 Å². The van der Waals surface area contributed by atoms with E-state index in [-0.39, 0.29) is 12.5 Å². The molecule has 0 spiro atoms. The van der Waals surface area contributed by atoms with Gasteiger partial charge in [-0.05, 0) is 46.9 Å². The number of rotatable bonds is 5. The number of benzene rings is 2. The van der Waals surface area contributed by atoms with Crippen LogP contribution in [0.5, 0.6) is 11.5 Å². The van der Waals surface area contributed by atoms with E-state index in [1.807, 2.05) is 30.3 Å². The predicted molar refractivity (Wildman–Crippen MR) is 91.0 cm³/mol. The van der Waals surface area contributed by atoms with Gasteiger partial charge in [-0.2, -0.15) is 5.26 Å². The Kier molecular flexibility index (Phi) is 5.61. The van der Waals surface area contributed by atoms with Crippen molar-refractivity contribution in [2.75, 3.05) is 19.0 Å². The molecule has 1 N–H and O–H groups in total. The number of para-hydroxylation sites is 1. The maximum atomic E-state index is 11.9. The van der Waals surface area contributed by atoms with Crippen LogP contribution in [0.15, 0.2) is 42.5 Å². The molecule has 0 fully saturated rings. The number of ether oxygens (including phenoxy) is 2. The van der Waals surface area contributed by atoms with Crippen LogP contribution in [0.1, 0.15) is 5.56 Å². The van der Waals surface area contributed by atoms with Crippen molar-refractivity contribution in [2.24, 2.45) is 0 Å². The smallest absolute Gasteiger partial charge is 0.262 e. The molecule has 2 rings (SSSR count). The highest BCUT2D eigenvalue weighted by molar-refractivity contribution is 14.1. The average molecular weight is 408 g/mol. The Morgan fingerprint density at radius 1 is 1.27 bits per heavy atom. The lowest BCUT2D eigenvalue weighted by Gasteiger charge is -2.11. The first-order chi connectivity index (χ1) is 10.6. The second-order valence-corrected chi connectivity index (χ2v) is 5.46. The minimum atomic E-state index is -0.268. The van der Waals surface area contributed by atoms with Crippen LogP contribution >= 0.6 is 22.6 Å². The number of halogens is 1. The van der Waals surface area contributed by atoms with Gasteiger partial charge in [-0.15, -0.1) is 0 Å². The summed E-state index contributed by atoms with van der Waals surface area (Å²) in [5.41, 5.74) is 1.20. The van der Waals surface area contributed by atoms with Crippen molar-refractivity contribution in [1.82, 2.24) is 0 Å². The zero-order valence-corrected chi connectivity index (χ0v) is 14.0. The molecule has 112 valence electrons. The van der Waals surface area contributed by atoms with E-state index in [4.69, 9.17) is 14.7 Å². The van der Waals surface area contributed by atoms with Gasteiger partial charge in [-0.3, -0.25) is 4.79 Å². The Bertz CT molecular complexity index is 726. The van der Waals surface area contributed by atoms with Crippen molar-refractivity contribution >= 4 is 34.2 Å². The number of carbonyl (C=O) groups excluding carboxylic acids is 1. The number of anilines is 1. The zero-order chi connectivity index (χ0) is 15.9. The van der Waals surface area contributed by atoms with Crippen molar-refractivity contribution < 1.29 is 14.3 Å². The monoisotopic (exact) mass is 408 g/mol. The van der Waals surface area contributed by atoms with Crippen molar-refractivity contribution in [3.8, 4) is 17.6 Å². The predicted octanol–water partition coefficient (Wildman–Crippen LogP) is 3.19. The van der Waals surface area contributed by atoms with Crippen LogP contribution in [0.2, 0.25) is 0 Å². The highest BCUT2D eigenvalue weighted by Crippen LogP contribution is 2.27. The fourth-order valence-corrected chi connectivity index (χ4v) is 2.27. The number of nitrogens with one attached hydrogen (secondary N) is 1. The third-order valence-electron chi connectivity index (χ3n) is 2.80. The summed E-state index contributed by atoms with van der Waals surface area (Å²) in [4.78, 5) is 11.9. The number of nitriles is 1. The maximum absolute atomic E-state index is 11.9. The van der Waals surface area contributed by atoms with Gasteiger partial charge in [0, 0.05) is 9.64 Å². The third kappa shape index (κ3) is 4.11. The summed E-state index contributed by atoms with van der Waals surface area (Å²) < 4.78 is 11.5. The Balaban J connectivity index is 2.00. The highest BCUT2D eigenvalue weighted by Gasteiger charge is 2.09. The van der Waals surface area contributed by atoms with E-state index < -0.39 is 0 Å². The molecule has 0 aliphatic carbocycles. The SMILES string of the molecule is COc1cc(C#N)ccc1OCC(=O)Nc1ccccc1I. The van der Waals surface area contributed by atoms with Gasteiger partial charge >= 0.3 is 0 Å². The van der Waals surface area contributed by atoms with Crippen LogP contribution in [-0.2, 0) is 4.79 Å². The van der Waals surface area contributed by atoms with E-state index in [2.05, 4.69) is 27.9 Å². The first-order valence-corrected chi connectivity index (χ1v) is 7.47. The summed E-state index contributed by atoms with van der Waals surface area (Å²) >= 11 is 2.15. The van der Waals surface area contributed by atoms with Gasteiger partial charge < -0.3 is 14.8 Å². The lowest BCUT2D eigenvalue weighted by Crippen LogP contribution is -2.20. The van der Waals surface area contributed by atoms with Crippen LogP contribution < -0.4 is 14.8 Å². The molecule has 0 aliphatic heterocycles. The summed E-state index contributed by atoms with van der Waals surface area (Å²) in [5, 5.41) is 11.6. The first kappa shape index (κ1) is 16.1. The van der Waals surface area contributed by atoms with Gasteiger partial charge in [-0.25, -0.2) is 0 Å². The molecule has 0 saturated heterocycles. The molecule has 2 aromatic rings. The minimum Gasteiger partial charge on any atom is -0.493 e. The van der Waals surface area contributed by atoms with E-state index in [9.17, 15) is 4.79 Å². The van der Waals surface area contributed by atoms with Gasteiger partial charge in [0.1, 0.15) is 0 Å². The van der Waals surface area contributed by atoms with Gasteiger partial charge in [0.15, 0.2) is 18.1 Å². The number of nitrogens with zero attached hydrogens (tertiary/aromatic N) is 1. The van der Waals surface area contributed by atoms with Crippen LogP contribution in [0.3, 0.4) is 0 Å². The largest absolute Gasteiger partial charge is 0.493 e. The minimum absolute atomic E-state index is 0.146. The topological polar surface area (TPSA) is 71.3 Å². The summed E-state index contributed by atoms with van der Waals surface area (Å²) in [7, 11) is 1.48. The van der Waals surface area contributed by atoms with E-state index in [0.29, 0.717) is 17.1 Å². The van der Waals surface area contributed by atoms with Gasteiger partial charge in [-0.1, -0.05) is 12.1 Å². The van der Waals surface area contributed by atoms with Crippen LogP contribution in [0, 0.1) is 14.9 Å². The van der Waals surface area contributed by atoms with E-state index in [0.717, 1.165) is 9.26 Å². The van der Waals surface area contributed by atoms with Crippen molar-refractivity contribution in [2.45, 2.75) is 0 Å². The Morgan fingerprint density at radius 3 is 2.73 bits per heavy atom. The molecule has 22 heavy (non-hydrogen) atoms. The Labute approximate surface area is 142 Å². The highest BCUT2D eigenvalue weighted by atomic mass is 127. The number of hydrogen-bond donors (Lipinski definition) is 1. The first-order valence-electron chi connectivity index (χ1n) is 6.39. The van der Waals surface area contributed by atoms with Crippen LogP contribution in [0.25, 0.3) is 0 Å². The molecule has 0 aliphatic rings. The lowest BCUT2D eigenvalue weighted by atomic mass is 10.2. The average Bonchev–Trinajstić information content (AvgIpc) is 2.55. The van der Waals surface area contributed by atoms with Gasteiger partial charge in [0.2, 0.25) is 0 Å². The number of carbonyl (C=O) groups is 1. The third-order valence-corrected chi connectivity index (χ3v) is 3.74. The molecule has 0 unspecified atom stereocenters. The summed E-state index contributed by atoms with van der Waals surface area (Å²) in [6.07, 6.45) is 0. The second-order valence-electron chi connectivity index (χ2n) is 4.29. The zero-order valence-electron chi connectivity index (χ0n) is 11.8. The lowest BCUT2D eigenvalue weighted by molar-refractivity contribution is -0.118. The Hall–Kier alpha value is -2.27. The van der Waals surface area contributed by atoms with E-state index in [1.165, 1.54) is 7.11 Å². The summed E-state index contributed by atoms with van der Waals surface area (Å²) in [6, 6.07) is 14.3. The molecular formula is C16H13IN2O3. The normalized spacial score (nSPS) is 9.68. The molecule has 0 heterocycles. The van der Waals surface area contributed by atoms with Crippen LogP contribution in [-0.4, -0.2) is 19.6 Å². The molecule has 0 radical (unpaired) electrons. The molecule has 0 aromatic heterocycles. The number of amides is 1. The molecule has 0 atom stereocenters. The van der Waals surface area contributed by atoms with Crippen molar-refractivity contribution in [3.05, 3.63) is 51.6 Å². The summed E-state index contributed by atoms with van der Waals surface area (Å²) in [5.74, 6) is 0.566. The molecule has 6 heteroatoms. The summed E-state index contributed by atoms with van der Waals surface area (Å²) in [6.45, 7) is -0.146. The molecular weight excluding hydrogens is 395 g/mol. The van der Waals surface area contributed by atoms with E-state index in [1.54, 1.807) is 18.2 Å². The molecule has 1 amide bonds. The Morgan fingerprint density at radius 2 is 2.05 bits per heavy atom. The quantitative estimate of drug-likeness (QED) is 0.772. The standard InChI is InChI=1S/C16H13IN2O3/c1-21-15-8-11(9-18)6-7-14(15)22-10-16(20)19-13-5-3-2-4-12(13)17/h2-8H,10H2,1H3,(H,19,20). The molecule has 0 saturated carbocycles. The van der Waals surface area contributed by atoms with Crippen molar-refractivity contribution in [1.29, 1.82) is 5.26 Å². The van der Waals surface area contributed by atoms with Gasteiger partial charge in [0.05, 0.1) is 24.4 Å². The van der Waals surface area contributed by atoms with Crippen LogP contribution in [0.4, 0.5) is 5.69 Å². The fraction of sp³-hybridized carbons (Fsp3) is 0.125. The molecule has 0 bridgehead atoms. The molecule has 5 nitrogen and oxygen atoms in total. The van der Waals surface area contributed by atoms with Gasteiger partial charge in [0.25, 0.3) is 5.91 Å². The number of methoxy groups -OCH3 is 1. The fourth-order valence-electron chi connectivity index (χ4n) is 1.75. The molecule has 2 aromatic carbocycles. The number of hydrogen-bond acceptors (Lipinski definition) is 4. The van der Waals surface area contributed by atoms with Crippen molar-refractivity contribution in [3.63, 3.8) is 0 Å². The maximum Gasteiger partial charge on any atom is 0.262 e. The second kappa shape index (κ2) is 7.66.